The Kier molecular flexibility index (Phi) is 4.86. The van der Waals surface area contributed by atoms with Crippen LogP contribution in [0.4, 0.5) is 5.95 Å². The van der Waals surface area contributed by atoms with Crippen LogP contribution in [0.1, 0.15) is 6.42 Å². The van der Waals surface area contributed by atoms with Gasteiger partial charge in [0.05, 0.1) is 6.42 Å². The van der Waals surface area contributed by atoms with E-state index in [1.54, 1.807) is 6.07 Å². The molecule has 1 aromatic rings. The third kappa shape index (κ3) is 4.31. The van der Waals surface area contributed by atoms with Crippen molar-refractivity contribution in [2.75, 3.05) is 11.9 Å². The number of nitrogens with zero attached hydrogens (tertiary/aromatic N) is 3. The lowest BCUT2D eigenvalue weighted by Crippen LogP contribution is -2.27. The number of carboxylic acid groups (broad SMARTS) is 1. The lowest BCUT2D eigenvalue weighted by atomic mass is 10.3. The van der Waals surface area contributed by atoms with E-state index in [1.807, 2.05) is 0 Å². The molecule has 0 atom stereocenters. The van der Waals surface area contributed by atoms with Crippen LogP contribution in [0, 0.1) is 11.3 Å². The van der Waals surface area contributed by atoms with Crippen molar-refractivity contribution in [3.8, 4) is 6.07 Å². The molecule has 0 aromatic carbocycles. The van der Waals surface area contributed by atoms with Gasteiger partial charge in [0.15, 0.2) is 0 Å². The fourth-order valence-electron chi connectivity index (χ4n) is 0.942. The summed E-state index contributed by atoms with van der Waals surface area (Å²) in [5, 5.41) is 28.0. The average molecular weight is 250 g/mol. The van der Waals surface area contributed by atoms with Gasteiger partial charge < -0.3 is 15.7 Å². The Morgan fingerprint density at radius 2 is 2.39 bits per heavy atom. The molecular weight excluding hydrogens is 240 g/mol. The number of nitrogens with one attached hydrogen (secondary N) is 3. The monoisotopic (exact) mass is 250 g/mol. The Balaban J connectivity index is 2.49. The number of aromatic nitrogens is 3. The number of carbonyl (C=O) groups excluding carboxylic acids is 1. The Labute approximate surface area is 102 Å². The summed E-state index contributed by atoms with van der Waals surface area (Å²) < 4.78 is 0. The Morgan fingerprint density at radius 3 is 2.94 bits per heavy atom. The lowest BCUT2D eigenvalue weighted by Gasteiger charge is -2.01. The highest BCUT2D eigenvalue weighted by molar-refractivity contribution is 5.97. The van der Waals surface area contributed by atoms with Crippen LogP contribution >= 0.6 is 0 Å². The van der Waals surface area contributed by atoms with Gasteiger partial charge in [0.2, 0.25) is 5.95 Å². The predicted octanol–water partition coefficient (Wildman–Crippen LogP) is -0.785. The van der Waals surface area contributed by atoms with Crippen LogP contribution in [0.3, 0.4) is 0 Å². The van der Waals surface area contributed by atoms with Gasteiger partial charge in [-0.05, 0) is 0 Å². The Hall–Kier alpha value is -2.89. The van der Waals surface area contributed by atoms with Gasteiger partial charge in [-0.3, -0.25) is 9.59 Å². The number of hydrogen-bond donors (Lipinski definition) is 4. The molecule has 1 amide bonds. The first-order valence-corrected chi connectivity index (χ1v) is 4.85. The maximum Gasteiger partial charge on any atom is 0.305 e. The fourth-order valence-corrected chi connectivity index (χ4v) is 0.942. The molecule has 0 aliphatic heterocycles. The van der Waals surface area contributed by atoms with E-state index < -0.39 is 11.9 Å². The number of nitriles is 1. The number of H-pyrrole nitrogens is 1. The summed E-state index contributed by atoms with van der Waals surface area (Å²) >= 11 is 0. The maximum atomic E-state index is 11.4. The highest BCUT2D eigenvalue weighted by atomic mass is 16.4. The molecule has 0 fully saturated rings. The standard InChI is InChI=1S/C9H10N6O3/c10-3-6(4-12-9-13-5-14-15-9)8(18)11-2-1-7(16)17/h4-5H,1-2H2,(H,11,18)(H,16,17)(H2,12,13,14,15)/b6-4-. The molecule has 0 saturated carbocycles. The molecule has 1 aromatic heterocycles. The van der Waals surface area contributed by atoms with Crippen LogP contribution in [0.15, 0.2) is 18.1 Å². The minimum Gasteiger partial charge on any atom is -0.481 e. The lowest BCUT2D eigenvalue weighted by molar-refractivity contribution is -0.136. The largest absolute Gasteiger partial charge is 0.481 e. The van der Waals surface area contributed by atoms with Crippen LogP contribution in [0.2, 0.25) is 0 Å². The number of carbonyl (C=O) groups is 2. The highest BCUT2D eigenvalue weighted by Crippen LogP contribution is 1.97. The number of carboxylic acids is 1. The normalized spacial score (nSPS) is 10.5. The van der Waals surface area contributed by atoms with E-state index in [0.29, 0.717) is 0 Å². The van der Waals surface area contributed by atoms with Crippen LogP contribution in [-0.4, -0.2) is 38.7 Å². The van der Waals surface area contributed by atoms with Crippen LogP contribution in [0.5, 0.6) is 0 Å². The molecule has 0 radical (unpaired) electrons. The Morgan fingerprint density at radius 1 is 1.61 bits per heavy atom. The number of hydrogen-bond acceptors (Lipinski definition) is 6. The maximum absolute atomic E-state index is 11.4. The minimum absolute atomic E-state index is 0.0461. The van der Waals surface area contributed by atoms with Gasteiger partial charge in [0.1, 0.15) is 18.0 Å². The summed E-state index contributed by atoms with van der Waals surface area (Å²) in [5.74, 6) is -1.41. The highest BCUT2D eigenvalue weighted by Gasteiger charge is 2.09. The summed E-state index contributed by atoms with van der Waals surface area (Å²) in [5.41, 5.74) is -0.197. The molecule has 4 N–H and O–H groups in total. The number of aliphatic carboxylic acids is 1. The first-order chi connectivity index (χ1) is 8.63. The number of aromatic amines is 1. The molecule has 9 nitrogen and oxygen atoms in total. The molecular formula is C9H10N6O3. The third-order valence-corrected chi connectivity index (χ3v) is 1.76. The molecule has 94 valence electrons. The van der Waals surface area contributed by atoms with Crippen LogP contribution < -0.4 is 10.6 Å². The van der Waals surface area contributed by atoms with Gasteiger partial charge in [-0.15, -0.1) is 0 Å². The first-order valence-electron chi connectivity index (χ1n) is 4.85. The van der Waals surface area contributed by atoms with E-state index in [9.17, 15) is 9.59 Å². The van der Waals surface area contributed by atoms with Crippen molar-refractivity contribution in [1.29, 1.82) is 5.26 Å². The second kappa shape index (κ2) is 6.64. The van der Waals surface area contributed by atoms with Crippen molar-refractivity contribution in [2.24, 2.45) is 0 Å². The zero-order valence-electron chi connectivity index (χ0n) is 9.17. The van der Waals surface area contributed by atoms with E-state index in [-0.39, 0.29) is 24.5 Å². The molecule has 9 heteroatoms. The minimum atomic E-state index is -1.03. The second-order valence-electron chi connectivity index (χ2n) is 3.05. The molecule has 0 aliphatic rings. The summed E-state index contributed by atoms with van der Waals surface area (Å²) in [4.78, 5) is 25.4. The molecule has 0 spiro atoms. The fraction of sp³-hybridized carbons (Fsp3) is 0.222. The molecule has 0 bridgehead atoms. The van der Waals surface area contributed by atoms with E-state index in [1.165, 1.54) is 6.33 Å². The predicted molar refractivity (Wildman–Crippen MR) is 59.0 cm³/mol. The van der Waals surface area contributed by atoms with Gasteiger partial charge in [0.25, 0.3) is 5.91 Å². The molecule has 18 heavy (non-hydrogen) atoms. The van der Waals surface area contributed by atoms with E-state index in [4.69, 9.17) is 10.4 Å². The van der Waals surface area contributed by atoms with Crippen molar-refractivity contribution in [1.82, 2.24) is 20.5 Å². The Bertz CT molecular complexity index is 487. The molecule has 1 rings (SSSR count). The average Bonchev–Trinajstić information content (AvgIpc) is 2.82. The summed E-state index contributed by atoms with van der Waals surface area (Å²) in [6.07, 6.45) is 2.20. The van der Waals surface area contributed by atoms with E-state index in [0.717, 1.165) is 6.20 Å². The van der Waals surface area contributed by atoms with Gasteiger partial charge >= 0.3 is 5.97 Å². The van der Waals surface area contributed by atoms with Crippen molar-refractivity contribution in [3.63, 3.8) is 0 Å². The first kappa shape index (κ1) is 13.2. The SMILES string of the molecule is N#C/C(=C/Nc1ncn[nH]1)C(=O)NCCC(=O)O. The van der Waals surface area contributed by atoms with Gasteiger partial charge in [-0.1, -0.05) is 0 Å². The smallest absolute Gasteiger partial charge is 0.305 e. The summed E-state index contributed by atoms with van der Waals surface area (Å²) in [7, 11) is 0. The van der Waals surface area contributed by atoms with E-state index >= 15 is 0 Å². The van der Waals surface area contributed by atoms with Gasteiger partial charge in [-0.2, -0.15) is 15.3 Å². The number of anilines is 1. The zero-order chi connectivity index (χ0) is 13.4. The van der Waals surface area contributed by atoms with Crippen LogP contribution in [-0.2, 0) is 9.59 Å². The summed E-state index contributed by atoms with van der Waals surface area (Å²) in [6, 6.07) is 1.68. The second-order valence-corrected chi connectivity index (χ2v) is 3.05. The van der Waals surface area contributed by atoms with Gasteiger partial charge in [-0.25, -0.2) is 5.10 Å². The van der Waals surface area contributed by atoms with Crippen LogP contribution in [0.25, 0.3) is 0 Å². The van der Waals surface area contributed by atoms with E-state index in [2.05, 4.69) is 25.8 Å². The van der Waals surface area contributed by atoms with Crippen molar-refractivity contribution in [3.05, 3.63) is 18.1 Å². The van der Waals surface area contributed by atoms with Crippen molar-refractivity contribution >= 4 is 17.8 Å². The molecule has 0 unspecified atom stereocenters. The number of amides is 1. The molecule has 1 heterocycles. The van der Waals surface area contributed by atoms with Crippen molar-refractivity contribution < 1.29 is 14.7 Å². The summed E-state index contributed by atoms with van der Waals surface area (Å²) in [6.45, 7) is -0.0461. The zero-order valence-corrected chi connectivity index (χ0v) is 9.17. The molecule has 0 saturated heterocycles. The van der Waals surface area contributed by atoms with Gasteiger partial charge in [0, 0.05) is 12.7 Å². The topological polar surface area (TPSA) is 144 Å². The number of rotatable bonds is 6. The third-order valence-electron chi connectivity index (χ3n) is 1.76. The quantitative estimate of drug-likeness (QED) is 0.382. The molecule has 0 aliphatic carbocycles. The van der Waals surface area contributed by atoms with Crippen molar-refractivity contribution in [2.45, 2.75) is 6.42 Å².